The van der Waals surface area contributed by atoms with E-state index in [1.54, 1.807) is 0 Å². The van der Waals surface area contributed by atoms with Gasteiger partial charge in [0.05, 0.1) is 5.75 Å². The van der Waals surface area contributed by atoms with Gasteiger partial charge in [-0.2, -0.15) is 0 Å². The topological polar surface area (TPSA) is 64.8 Å². The van der Waals surface area contributed by atoms with Crippen LogP contribution >= 0.6 is 0 Å². The summed E-state index contributed by atoms with van der Waals surface area (Å²) in [6.45, 7) is 0. The molecule has 0 atom stereocenters. The average Bonchev–Trinajstić information content (AvgIpc) is 3.33. The van der Waals surface area contributed by atoms with Crippen molar-refractivity contribution in [1.82, 2.24) is 14.8 Å². The minimum absolute atomic E-state index is 0.0139. The molecule has 1 fully saturated rings. The number of rotatable bonds is 5. The van der Waals surface area contributed by atoms with Crippen LogP contribution in [0.5, 0.6) is 0 Å². The van der Waals surface area contributed by atoms with Crippen molar-refractivity contribution in [2.75, 3.05) is 0 Å². The van der Waals surface area contributed by atoms with Crippen molar-refractivity contribution in [3.63, 3.8) is 0 Å². The molecule has 1 saturated carbocycles. The van der Waals surface area contributed by atoms with Crippen molar-refractivity contribution in [2.24, 2.45) is 7.05 Å². The third kappa shape index (κ3) is 2.94. The van der Waals surface area contributed by atoms with Crippen LogP contribution in [0.25, 0.3) is 10.8 Å². The highest BCUT2D eigenvalue weighted by atomic mass is 32.2. The molecular formula is C18H19N3O2S. The van der Waals surface area contributed by atoms with Gasteiger partial charge >= 0.3 is 0 Å². The number of hydrogen-bond acceptors (Lipinski definition) is 4. The standard InChI is InChI=1S/C18H19N3O2S/c1-21-17(19-20-18(21)14-9-10-14)12-24(22,23)11-15-7-4-6-13-5-2-3-8-16(13)15/h2-8,14H,9-12H2,1H3. The predicted molar refractivity (Wildman–Crippen MR) is 93.3 cm³/mol. The second-order valence-corrected chi connectivity index (χ2v) is 8.54. The van der Waals surface area contributed by atoms with Crippen LogP contribution in [0.3, 0.4) is 0 Å². The van der Waals surface area contributed by atoms with Gasteiger partial charge < -0.3 is 4.57 Å². The van der Waals surface area contributed by atoms with Crippen LogP contribution in [-0.4, -0.2) is 23.2 Å². The van der Waals surface area contributed by atoms with E-state index in [9.17, 15) is 8.42 Å². The molecule has 0 amide bonds. The van der Waals surface area contributed by atoms with E-state index in [2.05, 4.69) is 10.2 Å². The molecule has 0 aliphatic heterocycles. The van der Waals surface area contributed by atoms with E-state index in [1.807, 2.05) is 54.1 Å². The fourth-order valence-electron chi connectivity index (χ4n) is 3.10. The zero-order valence-electron chi connectivity index (χ0n) is 13.5. The molecule has 4 rings (SSSR count). The van der Waals surface area contributed by atoms with Gasteiger partial charge in [-0.15, -0.1) is 10.2 Å². The minimum atomic E-state index is -3.32. The van der Waals surface area contributed by atoms with Crippen molar-refractivity contribution < 1.29 is 8.42 Å². The third-order valence-electron chi connectivity index (χ3n) is 4.55. The number of aromatic nitrogens is 3. The van der Waals surface area contributed by atoms with E-state index in [1.165, 1.54) is 0 Å². The number of fused-ring (bicyclic) bond motifs is 1. The highest BCUT2D eigenvalue weighted by molar-refractivity contribution is 7.89. The summed E-state index contributed by atoms with van der Waals surface area (Å²) in [6.07, 6.45) is 2.24. The number of nitrogens with zero attached hydrogens (tertiary/aromatic N) is 3. The molecule has 0 spiro atoms. The summed E-state index contributed by atoms with van der Waals surface area (Å²) in [6, 6.07) is 13.6. The first-order valence-electron chi connectivity index (χ1n) is 8.09. The highest BCUT2D eigenvalue weighted by Crippen LogP contribution is 2.38. The van der Waals surface area contributed by atoms with E-state index in [-0.39, 0.29) is 11.5 Å². The Balaban J connectivity index is 1.61. The molecule has 1 heterocycles. The number of sulfone groups is 1. The lowest BCUT2D eigenvalue weighted by molar-refractivity contribution is 0.591. The largest absolute Gasteiger partial charge is 0.317 e. The minimum Gasteiger partial charge on any atom is -0.317 e. The molecule has 0 saturated heterocycles. The maximum Gasteiger partial charge on any atom is 0.161 e. The first kappa shape index (κ1) is 15.3. The van der Waals surface area contributed by atoms with Crippen LogP contribution in [0.15, 0.2) is 42.5 Å². The molecule has 124 valence electrons. The second kappa shape index (κ2) is 5.70. The molecule has 1 aliphatic carbocycles. The monoisotopic (exact) mass is 341 g/mol. The molecule has 1 aromatic heterocycles. The van der Waals surface area contributed by atoms with Crippen LogP contribution in [0.1, 0.15) is 36.0 Å². The summed E-state index contributed by atoms with van der Waals surface area (Å²) in [5.74, 6) is 1.83. The quantitative estimate of drug-likeness (QED) is 0.716. The van der Waals surface area contributed by atoms with Crippen molar-refractivity contribution in [3.05, 3.63) is 59.7 Å². The molecule has 5 nitrogen and oxygen atoms in total. The van der Waals surface area contributed by atoms with Crippen LogP contribution < -0.4 is 0 Å². The van der Waals surface area contributed by atoms with Gasteiger partial charge in [-0.05, 0) is 29.2 Å². The van der Waals surface area contributed by atoms with E-state index >= 15 is 0 Å². The zero-order chi connectivity index (χ0) is 16.7. The Labute approximate surface area is 141 Å². The molecule has 0 N–H and O–H groups in total. The third-order valence-corrected chi connectivity index (χ3v) is 5.99. The van der Waals surface area contributed by atoms with Gasteiger partial charge in [0.15, 0.2) is 9.84 Å². The van der Waals surface area contributed by atoms with E-state index in [4.69, 9.17) is 0 Å². The maximum absolute atomic E-state index is 12.7. The van der Waals surface area contributed by atoms with Gasteiger partial charge in [0.2, 0.25) is 0 Å². The van der Waals surface area contributed by atoms with Gasteiger partial charge in [0.1, 0.15) is 17.4 Å². The molecule has 3 aromatic rings. The van der Waals surface area contributed by atoms with Crippen LogP contribution in [0, 0.1) is 0 Å². The predicted octanol–water partition coefficient (Wildman–Crippen LogP) is 2.96. The lowest BCUT2D eigenvalue weighted by Crippen LogP contribution is -2.12. The molecule has 6 heteroatoms. The van der Waals surface area contributed by atoms with Gasteiger partial charge in [-0.3, -0.25) is 0 Å². The summed E-state index contributed by atoms with van der Waals surface area (Å²) >= 11 is 0. The number of hydrogen-bond donors (Lipinski definition) is 0. The van der Waals surface area contributed by atoms with E-state index < -0.39 is 9.84 Å². The first-order valence-corrected chi connectivity index (χ1v) is 9.91. The fourth-order valence-corrected chi connectivity index (χ4v) is 4.57. The van der Waals surface area contributed by atoms with Crippen molar-refractivity contribution in [1.29, 1.82) is 0 Å². The SMILES string of the molecule is Cn1c(CS(=O)(=O)Cc2cccc3ccccc23)nnc1C1CC1. The zero-order valence-corrected chi connectivity index (χ0v) is 14.3. The van der Waals surface area contributed by atoms with Crippen LogP contribution in [0.2, 0.25) is 0 Å². The van der Waals surface area contributed by atoms with Gasteiger partial charge in [-0.1, -0.05) is 42.5 Å². The number of benzene rings is 2. The Morgan fingerprint density at radius 3 is 2.58 bits per heavy atom. The molecule has 1 aliphatic rings. The summed E-state index contributed by atoms with van der Waals surface area (Å²) < 4.78 is 27.2. The average molecular weight is 341 g/mol. The van der Waals surface area contributed by atoms with Crippen molar-refractivity contribution in [3.8, 4) is 0 Å². The molecule has 0 radical (unpaired) electrons. The lowest BCUT2D eigenvalue weighted by atomic mass is 10.1. The molecule has 24 heavy (non-hydrogen) atoms. The maximum atomic E-state index is 12.7. The Bertz CT molecular complexity index is 999. The van der Waals surface area contributed by atoms with Gasteiger partial charge in [0, 0.05) is 13.0 Å². The molecule has 0 unspecified atom stereocenters. The summed E-state index contributed by atoms with van der Waals surface area (Å²) in [5.41, 5.74) is 0.831. The highest BCUT2D eigenvalue weighted by Gasteiger charge is 2.30. The molecule has 2 aromatic carbocycles. The van der Waals surface area contributed by atoms with Gasteiger partial charge in [-0.25, -0.2) is 8.42 Å². The molecular weight excluding hydrogens is 322 g/mol. The van der Waals surface area contributed by atoms with Gasteiger partial charge in [0.25, 0.3) is 0 Å². The molecule has 0 bridgehead atoms. The van der Waals surface area contributed by atoms with Crippen LogP contribution in [0.4, 0.5) is 0 Å². The van der Waals surface area contributed by atoms with E-state index in [0.29, 0.717) is 11.7 Å². The first-order chi connectivity index (χ1) is 11.5. The Morgan fingerprint density at radius 2 is 1.79 bits per heavy atom. The second-order valence-electron chi connectivity index (χ2n) is 6.48. The summed E-state index contributed by atoms with van der Waals surface area (Å²) in [7, 11) is -1.46. The smallest absolute Gasteiger partial charge is 0.161 e. The Hall–Kier alpha value is -2.21. The van der Waals surface area contributed by atoms with Crippen LogP contribution in [-0.2, 0) is 28.4 Å². The lowest BCUT2D eigenvalue weighted by Gasteiger charge is -2.08. The summed E-state index contributed by atoms with van der Waals surface area (Å²) in [5, 5.41) is 10.3. The van der Waals surface area contributed by atoms with E-state index in [0.717, 1.165) is 35.0 Å². The Kier molecular flexibility index (Phi) is 3.64. The van der Waals surface area contributed by atoms with Crippen molar-refractivity contribution >= 4 is 20.6 Å². The normalized spacial score (nSPS) is 15.0. The van der Waals surface area contributed by atoms with Crippen molar-refractivity contribution in [2.45, 2.75) is 30.3 Å². The Morgan fingerprint density at radius 1 is 1.04 bits per heavy atom. The fraction of sp³-hybridized carbons (Fsp3) is 0.333. The summed E-state index contributed by atoms with van der Waals surface area (Å²) in [4.78, 5) is 0.